The second-order valence-electron chi connectivity index (χ2n) is 4.63. The van der Waals surface area contributed by atoms with Crippen LogP contribution in [0.15, 0.2) is 10.2 Å². The van der Waals surface area contributed by atoms with Crippen molar-refractivity contribution in [3.05, 3.63) is 0 Å². The summed E-state index contributed by atoms with van der Waals surface area (Å²) >= 11 is 0. The molecule has 0 spiro atoms. The van der Waals surface area contributed by atoms with Crippen molar-refractivity contribution < 1.29 is 10.2 Å². The van der Waals surface area contributed by atoms with E-state index >= 15 is 0 Å². The normalized spacial score (nSPS) is 17.7. The first-order valence-electron chi connectivity index (χ1n) is 5.93. The number of aliphatic hydroxyl groups excluding tert-OH is 2. The van der Waals surface area contributed by atoms with Crippen LogP contribution >= 0.6 is 0 Å². The number of nitrogens with zero attached hydrogens (tertiary/aromatic N) is 4. The van der Waals surface area contributed by atoms with Gasteiger partial charge in [-0.3, -0.25) is 0 Å². The molecule has 0 bridgehead atoms. The Morgan fingerprint density at radius 1 is 0.889 bits per heavy atom. The highest BCUT2D eigenvalue weighted by Gasteiger charge is 2.27. The first-order chi connectivity index (χ1) is 8.45. The average Bonchev–Trinajstić information content (AvgIpc) is 2.40. The summed E-state index contributed by atoms with van der Waals surface area (Å²) in [5, 5.41) is 43.5. The third-order valence-corrected chi connectivity index (χ3v) is 2.62. The van der Waals surface area contributed by atoms with Crippen LogP contribution < -0.4 is 0 Å². The van der Waals surface area contributed by atoms with E-state index in [1.807, 2.05) is 12.1 Å². The first-order valence-corrected chi connectivity index (χ1v) is 5.93. The highest BCUT2D eigenvalue weighted by molar-refractivity contribution is 5.07. The van der Waals surface area contributed by atoms with E-state index in [0.717, 1.165) is 0 Å². The summed E-state index contributed by atoms with van der Waals surface area (Å²) in [6, 6.07) is 4.07. The molecule has 18 heavy (non-hydrogen) atoms. The van der Waals surface area contributed by atoms with Gasteiger partial charge in [-0.25, -0.2) is 0 Å². The molecule has 6 heteroatoms. The zero-order valence-corrected chi connectivity index (χ0v) is 10.9. The lowest BCUT2D eigenvalue weighted by Gasteiger charge is -2.19. The molecule has 0 rings (SSSR count). The summed E-state index contributed by atoms with van der Waals surface area (Å²) in [5.74, 6) is 0. The maximum absolute atomic E-state index is 9.05. The lowest BCUT2D eigenvalue weighted by molar-refractivity contribution is 0.267. The molecule has 0 aromatic heterocycles. The predicted molar refractivity (Wildman–Crippen MR) is 65.5 cm³/mol. The third kappa shape index (κ3) is 5.72. The Labute approximate surface area is 108 Å². The maximum Gasteiger partial charge on any atom is 0.164 e. The monoisotopic (exact) mass is 252 g/mol. The standard InChI is InChI=1S/C12H20N4O2/c1-11(9-13,5-3-7-17)15-16-12(2,10-14)6-4-8-18/h17-18H,3-8H2,1-2H3/t11-,12+. The first kappa shape index (κ1) is 16.5. The summed E-state index contributed by atoms with van der Waals surface area (Å²) in [6.45, 7) is 3.23. The van der Waals surface area contributed by atoms with Gasteiger partial charge in [-0.1, -0.05) is 0 Å². The number of rotatable bonds is 8. The molecule has 0 fully saturated rings. The molecule has 0 radical (unpaired) electrons. The van der Waals surface area contributed by atoms with Gasteiger partial charge in [0.15, 0.2) is 11.1 Å². The van der Waals surface area contributed by atoms with Crippen LogP contribution in [0.5, 0.6) is 0 Å². The van der Waals surface area contributed by atoms with Gasteiger partial charge in [0.25, 0.3) is 0 Å². The number of nitriles is 2. The average molecular weight is 252 g/mol. The number of hydrogen-bond donors (Lipinski definition) is 2. The van der Waals surface area contributed by atoms with Gasteiger partial charge in [0.05, 0.1) is 12.1 Å². The molecular formula is C12H20N4O2. The Morgan fingerprint density at radius 2 is 1.22 bits per heavy atom. The molecule has 0 saturated heterocycles. The van der Waals surface area contributed by atoms with E-state index in [1.54, 1.807) is 13.8 Å². The quantitative estimate of drug-likeness (QED) is 0.638. The van der Waals surface area contributed by atoms with E-state index in [2.05, 4.69) is 10.2 Å². The van der Waals surface area contributed by atoms with E-state index in [9.17, 15) is 0 Å². The van der Waals surface area contributed by atoms with Crippen LogP contribution in [0.25, 0.3) is 0 Å². The molecule has 0 aliphatic heterocycles. The van der Waals surface area contributed by atoms with E-state index in [1.165, 1.54) is 0 Å². The van der Waals surface area contributed by atoms with Gasteiger partial charge in [-0.15, -0.1) is 0 Å². The van der Waals surface area contributed by atoms with Crippen LogP contribution in [-0.4, -0.2) is 34.5 Å². The fourth-order valence-electron chi connectivity index (χ4n) is 1.32. The third-order valence-electron chi connectivity index (χ3n) is 2.62. The number of azo groups is 1. The lowest BCUT2D eigenvalue weighted by Crippen LogP contribution is -2.24. The minimum absolute atomic E-state index is 0.00712. The van der Waals surface area contributed by atoms with Crippen molar-refractivity contribution in [1.29, 1.82) is 10.5 Å². The van der Waals surface area contributed by atoms with E-state index < -0.39 is 11.1 Å². The summed E-state index contributed by atoms with van der Waals surface area (Å²) in [5.41, 5.74) is -2.03. The maximum atomic E-state index is 9.05. The molecule has 0 saturated carbocycles. The molecule has 2 N–H and O–H groups in total. The van der Waals surface area contributed by atoms with Crippen LogP contribution in [0.3, 0.4) is 0 Å². The fourth-order valence-corrected chi connectivity index (χ4v) is 1.32. The molecule has 0 aromatic rings. The predicted octanol–water partition coefficient (Wildman–Crippen LogP) is 1.55. The lowest BCUT2D eigenvalue weighted by atomic mass is 9.98. The topological polar surface area (TPSA) is 113 Å². The summed E-state index contributed by atoms with van der Waals surface area (Å²) in [7, 11) is 0. The molecule has 0 aromatic carbocycles. The van der Waals surface area contributed by atoms with Gasteiger partial charge < -0.3 is 10.2 Å². The van der Waals surface area contributed by atoms with Crippen molar-refractivity contribution in [2.75, 3.05) is 13.2 Å². The Kier molecular flexibility index (Phi) is 7.11. The Balaban J connectivity index is 4.75. The van der Waals surface area contributed by atoms with Gasteiger partial charge in [-0.05, 0) is 39.5 Å². The molecule has 0 unspecified atom stereocenters. The van der Waals surface area contributed by atoms with Crippen molar-refractivity contribution in [2.45, 2.75) is 50.6 Å². The zero-order chi connectivity index (χ0) is 14.1. The Hall–Kier alpha value is -1.50. The Bertz CT molecular complexity index is 324. The molecule has 0 amide bonds. The van der Waals surface area contributed by atoms with E-state index in [4.69, 9.17) is 20.7 Å². The largest absolute Gasteiger partial charge is 0.396 e. The van der Waals surface area contributed by atoms with Crippen molar-refractivity contribution in [2.24, 2.45) is 10.2 Å². The van der Waals surface area contributed by atoms with Gasteiger partial charge in [-0.2, -0.15) is 20.8 Å². The van der Waals surface area contributed by atoms with Crippen molar-refractivity contribution in [3.8, 4) is 12.1 Å². The molecule has 0 aliphatic carbocycles. The molecule has 0 aliphatic rings. The van der Waals surface area contributed by atoms with Crippen LogP contribution in [0.1, 0.15) is 39.5 Å². The second kappa shape index (κ2) is 7.75. The summed E-state index contributed by atoms with van der Waals surface area (Å²) in [4.78, 5) is 0. The van der Waals surface area contributed by atoms with Crippen molar-refractivity contribution in [3.63, 3.8) is 0 Å². The van der Waals surface area contributed by atoms with Crippen molar-refractivity contribution >= 4 is 0 Å². The minimum Gasteiger partial charge on any atom is -0.396 e. The molecule has 2 atom stereocenters. The zero-order valence-electron chi connectivity index (χ0n) is 10.9. The van der Waals surface area contributed by atoms with Gasteiger partial charge in [0.2, 0.25) is 0 Å². The molecular weight excluding hydrogens is 232 g/mol. The number of aliphatic hydroxyl groups is 2. The molecule has 0 heterocycles. The Morgan fingerprint density at radius 3 is 1.44 bits per heavy atom. The van der Waals surface area contributed by atoms with E-state index in [-0.39, 0.29) is 13.2 Å². The van der Waals surface area contributed by atoms with Crippen molar-refractivity contribution in [1.82, 2.24) is 0 Å². The number of hydrogen-bond acceptors (Lipinski definition) is 6. The second-order valence-corrected chi connectivity index (χ2v) is 4.63. The smallest absolute Gasteiger partial charge is 0.164 e. The van der Waals surface area contributed by atoms with Gasteiger partial charge >= 0.3 is 0 Å². The minimum atomic E-state index is -1.01. The van der Waals surface area contributed by atoms with Gasteiger partial charge in [0, 0.05) is 13.2 Å². The van der Waals surface area contributed by atoms with Gasteiger partial charge in [0.1, 0.15) is 0 Å². The highest BCUT2D eigenvalue weighted by atomic mass is 16.3. The van der Waals surface area contributed by atoms with Crippen LogP contribution in [0.2, 0.25) is 0 Å². The van der Waals surface area contributed by atoms with Crippen LogP contribution in [0.4, 0.5) is 0 Å². The van der Waals surface area contributed by atoms with Crippen LogP contribution in [0, 0.1) is 22.7 Å². The van der Waals surface area contributed by atoms with E-state index in [0.29, 0.717) is 25.7 Å². The summed E-state index contributed by atoms with van der Waals surface area (Å²) < 4.78 is 0. The fraction of sp³-hybridized carbons (Fsp3) is 0.833. The molecule has 100 valence electrons. The highest BCUT2D eigenvalue weighted by Crippen LogP contribution is 2.22. The molecule has 6 nitrogen and oxygen atoms in total. The van der Waals surface area contributed by atoms with Crippen LogP contribution in [-0.2, 0) is 0 Å². The summed E-state index contributed by atoms with van der Waals surface area (Å²) in [6.07, 6.45) is 1.71. The SMILES string of the molecule is C[C@](C#N)(CCCO)N=N[C@](C)(C#N)CCCO.